The minimum absolute atomic E-state index is 0.147. The summed E-state index contributed by atoms with van der Waals surface area (Å²) in [7, 11) is 1.45. The molecular weight excluding hydrogens is 416 g/mol. The number of methoxy groups -OCH3 is 1. The molecule has 5 unspecified atom stereocenters. The van der Waals surface area contributed by atoms with Gasteiger partial charge in [0, 0.05) is 13.0 Å². The monoisotopic (exact) mass is 464 g/mol. The van der Waals surface area contributed by atoms with Gasteiger partial charge < -0.3 is 19.7 Å². The van der Waals surface area contributed by atoms with Crippen LogP contribution in [0.2, 0.25) is 0 Å². The van der Waals surface area contributed by atoms with Crippen LogP contribution >= 0.6 is 0 Å². The van der Waals surface area contributed by atoms with Crippen molar-refractivity contribution >= 4 is 5.97 Å². The van der Waals surface area contributed by atoms with E-state index < -0.39 is 0 Å². The minimum atomic E-state index is -0.339. The maximum absolute atomic E-state index is 11.7. The molecule has 0 amide bonds. The largest absolute Gasteiger partial charge is 0.469 e. The van der Waals surface area contributed by atoms with Crippen LogP contribution in [0.3, 0.4) is 0 Å². The van der Waals surface area contributed by atoms with E-state index in [4.69, 9.17) is 9.47 Å². The molecule has 0 aliphatic heterocycles. The van der Waals surface area contributed by atoms with Crippen LogP contribution in [-0.2, 0) is 14.3 Å². The lowest BCUT2D eigenvalue weighted by Crippen LogP contribution is -2.62. The Morgan fingerprint density at radius 2 is 1.85 bits per heavy atom. The maximum atomic E-state index is 11.7. The Bertz CT molecular complexity index is 696. The molecule has 5 heteroatoms. The summed E-state index contributed by atoms with van der Waals surface area (Å²) < 4.78 is 11.0. The number of esters is 1. The predicted octanol–water partition coefficient (Wildman–Crippen LogP) is 4.97. The standard InChI is InChI=1S/C28H48O5/c1-6-13-33-19-11-12-27(3)18(14-19)15-23(29)26-21-9-8-20(17(2)7-10-25(31)32-5)28(21,4)24(30)16-22(26)27/h17-24,26,29-30H,6-16H2,1-5H3/t17?,18?,19-,20+,21?,22?,23+,24-,26?,27-,28+/m0/s1. The zero-order valence-electron chi connectivity index (χ0n) is 21.6. The van der Waals surface area contributed by atoms with Crippen LogP contribution in [0, 0.1) is 46.3 Å². The van der Waals surface area contributed by atoms with E-state index in [-0.39, 0.29) is 34.9 Å². The number of hydrogen-bond acceptors (Lipinski definition) is 5. The van der Waals surface area contributed by atoms with E-state index in [0.29, 0.717) is 42.1 Å². The van der Waals surface area contributed by atoms with Gasteiger partial charge in [0.2, 0.25) is 0 Å². The van der Waals surface area contributed by atoms with Crippen LogP contribution in [-0.4, -0.2) is 48.2 Å². The smallest absolute Gasteiger partial charge is 0.305 e. The number of fused-ring (bicyclic) bond motifs is 5. The van der Waals surface area contributed by atoms with Crippen molar-refractivity contribution in [3.63, 3.8) is 0 Å². The number of carbonyl (C=O) groups is 1. The lowest BCUT2D eigenvalue weighted by atomic mass is 9.43. The Kier molecular flexibility index (Phi) is 7.54. The molecule has 4 fully saturated rings. The van der Waals surface area contributed by atoms with E-state index in [9.17, 15) is 15.0 Å². The highest BCUT2D eigenvalue weighted by Gasteiger charge is 2.65. The average Bonchev–Trinajstić information content (AvgIpc) is 3.15. The van der Waals surface area contributed by atoms with Gasteiger partial charge in [0.1, 0.15) is 0 Å². The van der Waals surface area contributed by atoms with Crippen molar-refractivity contribution in [1.29, 1.82) is 0 Å². The SMILES string of the molecule is CCCO[C@H]1CC[C@@]2(C)C(C1)C[C@@H](O)C1C2C[C@H](O)[C@@]2(C)C1CC[C@@H]2C(C)CCC(=O)OC. The number of aliphatic hydroxyl groups excluding tert-OH is 2. The summed E-state index contributed by atoms with van der Waals surface area (Å²) in [6.07, 6.45) is 9.20. The first-order valence-corrected chi connectivity index (χ1v) is 13.7. The second kappa shape index (κ2) is 9.78. The molecule has 4 aliphatic carbocycles. The number of rotatable bonds is 7. The second-order valence-corrected chi connectivity index (χ2v) is 12.5. The maximum Gasteiger partial charge on any atom is 0.305 e. The van der Waals surface area contributed by atoms with Gasteiger partial charge in [0.05, 0.1) is 25.4 Å². The number of carbonyl (C=O) groups excluding carboxylic acids is 1. The van der Waals surface area contributed by atoms with Gasteiger partial charge in [-0.3, -0.25) is 4.79 Å². The lowest BCUT2D eigenvalue weighted by Gasteiger charge is -2.63. The molecule has 0 heterocycles. The van der Waals surface area contributed by atoms with Gasteiger partial charge in [-0.1, -0.05) is 27.7 Å². The first-order valence-electron chi connectivity index (χ1n) is 13.7. The molecule has 0 aromatic heterocycles. The zero-order valence-corrected chi connectivity index (χ0v) is 21.6. The minimum Gasteiger partial charge on any atom is -0.469 e. The highest BCUT2D eigenvalue weighted by atomic mass is 16.5. The second-order valence-electron chi connectivity index (χ2n) is 12.5. The van der Waals surface area contributed by atoms with E-state index in [2.05, 4.69) is 27.7 Å². The highest BCUT2D eigenvalue weighted by molar-refractivity contribution is 5.69. The summed E-state index contributed by atoms with van der Waals surface area (Å²) in [4.78, 5) is 11.7. The lowest BCUT2D eigenvalue weighted by molar-refractivity contribution is -0.209. The Hall–Kier alpha value is -0.650. The van der Waals surface area contributed by atoms with Crippen molar-refractivity contribution in [2.24, 2.45) is 46.3 Å². The van der Waals surface area contributed by atoms with E-state index in [1.165, 1.54) is 7.11 Å². The van der Waals surface area contributed by atoms with Gasteiger partial charge >= 0.3 is 5.97 Å². The molecule has 4 saturated carbocycles. The van der Waals surface area contributed by atoms with Crippen molar-refractivity contribution in [2.45, 2.75) is 110 Å². The van der Waals surface area contributed by atoms with Gasteiger partial charge in [-0.25, -0.2) is 0 Å². The van der Waals surface area contributed by atoms with Crippen LogP contribution < -0.4 is 0 Å². The molecule has 0 radical (unpaired) electrons. The number of hydrogen-bond donors (Lipinski definition) is 2. The van der Waals surface area contributed by atoms with Crippen LogP contribution in [0.1, 0.15) is 91.9 Å². The fourth-order valence-electron chi connectivity index (χ4n) is 9.20. The molecule has 5 nitrogen and oxygen atoms in total. The third-order valence-electron chi connectivity index (χ3n) is 11.1. The van der Waals surface area contributed by atoms with Crippen LogP contribution in [0.5, 0.6) is 0 Å². The Morgan fingerprint density at radius 1 is 1.09 bits per heavy atom. The number of aliphatic hydroxyl groups is 2. The summed E-state index contributed by atoms with van der Waals surface area (Å²) in [5.41, 5.74) is 0.00911. The molecule has 11 atom stereocenters. The topological polar surface area (TPSA) is 76.0 Å². The van der Waals surface area contributed by atoms with E-state index in [1.807, 2.05) is 0 Å². The molecule has 0 spiro atoms. The Morgan fingerprint density at radius 3 is 2.55 bits per heavy atom. The van der Waals surface area contributed by atoms with Crippen molar-refractivity contribution < 1.29 is 24.5 Å². The molecule has 0 saturated heterocycles. The van der Waals surface area contributed by atoms with Gasteiger partial charge in [-0.2, -0.15) is 0 Å². The first-order chi connectivity index (χ1) is 15.7. The number of ether oxygens (including phenoxy) is 2. The predicted molar refractivity (Wildman–Crippen MR) is 128 cm³/mol. The Labute approximate surface area is 201 Å². The fourth-order valence-corrected chi connectivity index (χ4v) is 9.20. The van der Waals surface area contributed by atoms with Crippen LogP contribution in [0.15, 0.2) is 0 Å². The molecule has 0 aromatic carbocycles. The van der Waals surface area contributed by atoms with E-state index in [1.54, 1.807) is 0 Å². The van der Waals surface area contributed by atoms with Crippen molar-refractivity contribution in [2.75, 3.05) is 13.7 Å². The van der Waals surface area contributed by atoms with Gasteiger partial charge in [0.25, 0.3) is 0 Å². The first kappa shape index (κ1) is 25.4. The molecule has 0 bridgehead atoms. The van der Waals surface area contributed by atoms with Crippen molar-refractivity contribution in [3.8, 4) is 0 Å². The summed E-state index contributed by atoms with van der Waals surface area (Å²) >= 11 is 0. The quantitative estimate of drug-likeness (QED) is 0.520. The summed E-state index contributed by atoms with van der Waals surface area (Å²) in [5.74, 6) is 2.11. The molecule has 33 heavy (non-hydrogen) atoms. The van der Waals surface area contributed by atoms with E-state index in [0.717, 1.165) is 64.4 Å². The highest BCUT2D eigenvalue weighted by Crippen LogP contribution is 2.68. The average molecular weight is 465 g/mol. The molecule has 4 aliphatic rings. The van der Waals surface area contributed by atoms with Gasteiger partial charge in [-0.15, -0.1) is 0 Å². The molecule has 4 rings (SSSR count). The van der Waals surface area contributed by atoms with E-state index >= 15 is 0 Å². The van der Waals surface area contributed by atoms with Crippen molar-refractivity contribution in [3.05, 3.63) is 0 Å². The fraction of sp³-hybridized carbons (Fsp3) is 0.964. The molecule has 190 valence electrons. The van der Waals surface area contributed by atoms with Gasteiger partial charge in [0.15, 0.2) is 0 Å². The summed E-state index contributed by atoms with van der Waals surface area (Å²) in [6.45, 7) is 9.98. The third-order valence-corrected chi connectivity index (χ3v) is 11.1. The Balaban J connectivity index is 1.52. The van der Waals surface area contributed by atoms with Gasteiger partial charge in [-0.05, 0) is 104 Å². The molecule has 2 N–H and O–H groups in total. The molecule has 0 aromatic rings. The molecular formula is C28H48O5. The van der Waals surface area contributed by atoms with Crippen molar-refractivity contribution in [1.82, 2.24) is 0 Å². The summed E-state index contributed by atoms with van der Waals surface area (Å²) in [5, 5.41) is 23.2. The van der Waals surface area contributed by atoms with Crippen LogP contribution in [0.4, 0.5) is 0 Å². The summed E-state index contributed by atoms with van der Waals surface area (Å²) in [6, 6.07) is 0. The normalized spacial score (nSPS) is 47.8. The zero-order chi connectivity index (χ0) is 24.0. The third kappa shape index (κ3) is 4.29. The van der Waals surface area contributed by atoms with Crippen LogP contribution in [0.25, 0.3) is 0 Å².